The number of fused-ring (bicyclic) bond motifs is 1. The summed E-state index contributed by atoms with van der Waals surface area (Å²) in [5.41, 5.74) is 3.87. The van der Waals surface area contributed by atoms with Crippen LogP contribution in [-0.2, 0) is 13.5 Å². The van der Waals surface area contributed by atoms with Crippen molar-refractivity contribution in [3.63, 3.8) is 0 Å². The molecule has 1 unspecified atom stereocenters. The first-order chi connectivity index (χ1) is 11.5. The van der Waals surface area contributed by atoms with Gasteiger partial charge < -0.3 is 9.73 Å². The molecule has 0 radical (unpaired) electrons. The zero-order valence-electron chi connectivity index (χ0n) is 14.6. The number of aryl methyl sites for hydroxylation is 3. The minimum absolute atomic E-state index is 0.130. The molecule has 0 aliphatic carbocycles. The van der Waals surface area contributed by atoms with Gasteiger partial charge in [0.1, 0.15) is 5.58 Å². The number of aromatic nitrogens is 2. The first-order valence-corrected chi connectivity index (χ1v) is 8.31. The second kappa shape index (κ2) is 6.51. The first-order valence-electron chi connectivity index (χ1n) is 8.31. The maximum absolute atomic E-state index is 12.6. The van der Waals surface area contributed by atoms with Crippen molar-refractivity contribution >= 4 is 16.9 Å². The molecule has 5 nitrogen and oxygen atoms in total. The van der Waals surface area contributed by atoms with Crippen LogP contribution in [0.4, 0.5) is 0 Å². The number of benzene rings is 1. The maximum atomic E-state index is 12.6. The maximum Gasteiger partial charge on any atom is 0.287 e. The summed E-state index contributed by atoms with van der Waals surface area (Å²) in [7, 11) is 1.86. The van der Waals surface area contributed by atoms with E-state index in [1.54, 1.807) is 10.9 Å². The van der Waals surface area contributed by atoms with Crippen LogP contribution in [0.15, 0.2) is 35.0 Å². The summed E-state index contributed by atoms with van der Waals surface area (Å²) in [5, 5.41) is 8.13. The molecule has 0 aliphatic heterocycles. The van der Waals surface area contributed by atoms with E-state index in [4.69, 9.17) is 4.42 Å². The highest BCUT2D eigenvalue weighted by atomic mass is 16.3. The van der Waals surface area contributed by atoms with Crippen LogP contribution in [-0.4, -0.2) is 15.7 Å². The van der Waals surface area contributed by atoms with Crippen LogP contribution in [0.2, 0.25) is 0 Å². The number of nitrogens with one attached hydrogen (secondary N) is 1. The van der Waals surface area contributed by atoms with E-state index in [0.29, 0.717) is 5.76 Å². The van der Waals surface area contributed by atoms with Gasteiger partial charge in [0.05, 0.1) is 12.2 Å². The van der Waals surface area contributed by atoms with Gasteiger partial charge in [-0.15, -0.1) is 0 Å². The summed E-state index contributed by atoms with van der Waals surface area (Å²) in [6, 6.07) is 6.01. The van der Waals surface area contributed by atoms with Crippen molar-refractivity contribution in [1.82, 2.24) is 15.1 Å². The molecule has 3 aromatic rings. The summed E-state index contributed by atoms with van der Waals surface area (Å²) in [6.07, 6.45) is 5.78. The van der Waals surface area contributed by atoms with E-state index in [9.17, 15) is 4.79 Å². The van der Waals surface area contributed by atoms with Gasteiger partial charge in [-0.2, -0.15) is 5.10 Å². The van der Waals surface area contributed by atoms with E-state index in [1.165, 1.54) is 5.56 Å². The number of rotatable bonds is 5. The van der Waals surface area contributed by atoms with Crippen molar-refractivity contribution in [3.05, 3.63) is 53.0 Å². The fourth-order valence-corrected chi connectivity index (χ4v) is 2.94. The average molecular weight is 325 g/mol. The van der Waals surface area contributed by atoms with E-state index < -0.39 is 0 Å². The van der Waals surface area contributed by atoms with Crippen LogP contribution < -0.4 is 5.32 Å². The Balaban J connectivity index is 1.85. The van der Waals surface area contributed by atoms with Crippen LogP contribution in [0.1, 0.15) is 53.6 Å². The molecular weight excluding hydrogens is 302 g/mol. The number of amides is 1. The molecule has 2 aromatic heterocycles. The lowest BCUT2D eigenvalue weighted by molar-refractivity contribution is 0.0913. The average Bonchev–Trinajstić information content (AvgIpc) is 3.12. The molecule has 0 bridgehead atoms. The Morgan fingerprint density at radius 2 is 2.21 bits per heavy atom. The summed E-state index contributed by atoms with van der Waals surface area (Å²) >= 11 is 0. The lowest BCUT2D eigenvalue weighted by atomic mass is 10.1. The molecule has 0 saturated carbocycles. The van der Waals surface area contributed by atoms with Crippen LogP contribution in [0.3, 0.4) is 0 Å². The van der Waals surface area contributed by atoms with Crippen molar-refractivity contribution in [2.24, 2.45) is 7.05 Å². The van der Waals surface area contributed by atoms with Crippen molar-refractivity contribution < 1.29 is 9.21 Å². The van der Waals surface area contributed by atoms with Crippen molar-refractivity contribution in [1.29, 1.82) is 0 Å². The SMILES string of the molecule is CCCc1ccc2oc(C(=O)NC(C)c3cnn(C)c3)c(C)c2c1. The molecule has 24 heavy (non-hydrogen) atoms. The smallest absolute Gasteiger partial charge is 0.287 e. The minimum atomic E-state index is -0.197. The van der Waals surface area contributed by atoms with Crippen LogP contribution in [0.5, 0.6) is 0 Å². The van der Waals surface area contributed by atoms with Gasteiger partial charge in [-0.3, -0.25) is 9.48 Å². The Bertz CT molecular complexity index is 876. The van der Waals surface area contributed by atoms with Crippen LogP contribution in [0, 0.1) is 6.92 Å². The molecule has 1 atom stereocenters. The van der Waals surface area contributed by atoms with Gasteiger partial charge in [-0.05, 0) is 38.0 Å². The topological polar surface area (TPSA) is 60.1 Å². The van der Waals surface area contributed by atoms with Gasteiger partial charge >= 0.3 is 0 Å². The normalized spacial score (nSPS) is 12.5. The summed E-state index contributed by atoms with van der Waals surface area (Å²) in [5.74, 6) is 0.187. The lowest BCUT2D eigenvalue weighted by Gasteiger charge is -2.11. The number of hydrogen-bond donors (Lipinski definition) is 1. The molecule has 0 saturated heterocycles. The van der Waals surface area contributed by atoms with E-state index in [1.807, 2.05) is 33.2 Å². The Hall–Kier alpha value is -2.56. The zero-order chi connectivity index (χ0) is 17.3. The molecule has 3 rings (SSSR count). The monoisotopic (exact) mass is 325 g/mol. The lowest BCUT2D eigenvalue weighted by Crippen LogP contribution is -2.26. The van der Waals surface area contributed by atoms with Crippen molar-refractivity contribution in [3.8, 4) is 0 Å². The molecule has 126 valence electrons. The highest BCUT2D eigenvalue weighted by molar-refractivity contribution is 5.99. The Morgan fingerprint density at radius 3 is 2.88 bits per heavy atom. The number of hydrogen-bond acceptors (Lipinski definition) is 3. The van der Waals surface area contributed by atoms with E-state index >= 15 is 0 Å². The van der Waals surface area contributed by atoms with Gasteiger partial charge in [-0.25, -0.2) is 0 Å². The molecule has 2 heterocycles. The fraction of sp³-hybridized carbons (Fsp3) is 0.368. The summed E-state index contributed by atoms with van der Waals surface area (Å²) in [6.45, 7) is 6.03. The van der Waals surface area contributed by atoms with Gasteiger partial charge in [0, 0.05) is 29.8 Å². The predicted octanol–water partition coefficient (Wildman–Crippen LogP) is 3.92. The number of carbonyl (C=O) groups is 1. The van der Waals surface area contributed by atoms with Crippen LogP contribution >= 0.6 is 0 Å². The molecule has 0 spiro atoms. The van der Waals surface area contributed by atoms with Gasteiger partial charge in [0.15, 0.2) is 5.76 Å². The van der Waals surface area contributed by atoms with E-state index in [0.717, 1.165) is 34.9 Å². The molecule has 5 heteroatoms. The Labute approximate surface area is 141 Å². The van der Waals surface area contributed by atoms with E-state index in [2.05, 4.69) is 29.5 Å². The molecule has 0 fully saturated rings. The molecule has 1 N–H and O–H groups in total. The van der Waals surface area contributed by atoms with Crippen LogP contribution in [0.25, 0.3) is 11.0 Å². The largest absolute Gasteiger partial charge is 0.451 e. The summed E-state index contributed by atoms with van der Waals surface area (Å²) < 4.78 is 7.52. The predicted molar refractivity (Wildman–Crippen MR) is 94.0 cm³/mol. The Kier molecular flexibility index (Phi) is 4.42. The van der Waals surface area contributed by atoms with E-state index in [-0.39, 0.29) is 11.9 Å². The quantitative estimate of drug-likeness (QED) is 0.773. The first kappa shape index (κ1) is 16.3. The van der Waals surface area contributed by atoms with Gasteiger partial charge in [0.25, 0.3) is 5.91 Å². The highest BCUT2D eigenvalue weighted by Gasteiger charge is 2.20. The second-order valence-corrected chi connectivity index (χ2v) is 6.28. The second-order valence-electron chi connectivity index (χ2n) is 6.28. The number of carbonyl (C=O) groups excluding carboxylic acids is 1. The number of furan rings is 1. The Morgan fingerprint density at radius 1 is 1.42 bits per heavy atom. The zero-order valence-corrected chi connectivity index (χ0v) is 14.6. The third kappa shape index (κ3) is 3.07. The standard InChI is InChI=1S/C19H23N3O2/c1-5-6-14-7-8-17-16(9-14)12(2)18(24-17)19(23)21-13(3)15-10-20-22(4)11-15/h7-11,13H,5-6H2,1-4H3,(H,21,23). The minimum Gasteiger partial charge on any atom is -0.451 e. The van der Waals surface area contributed by atoms with Crippen molar-refractivity contribution in [2.45, 2.75) is 39.7 Å². The highest BCUT2D eigenvalue weighted by Crippen LogP contribution is 2.27. The molecular formula is C19H23N3O2. The third-order valence-corrected chi connectivity index (χ3v) is 4.32. The molecule has 1 amide bonds. The summed E-state index contributed by atoms with van der Waals surface area (Å²) in [4.78, 5) is 12.6. The molecule has 0 aliphatic rings. The van der Waals surface area contributed by atoms with Gasteiger partial charge in [0.2, 0.25) is 0 Å². The van der Waals surface area contributed by atoms with Crippen molar-refractivity contribution in [2.75, 3.05) is 0 Å². The third-order valence-electron chi connectivity index (χ3n) is 4.32. The van der Waals surface area contributed by atoms with Gasteiger partial charge in [-0.1, -0.05) is 19.4 Å². The fourth-order valence-electron chi connectivity index (χ4n) is 2.94. The number of nitrogens with zero attached hydrogens (tertiary/aromatic N) is 2. The molecule has 1 aromatic carbocycles.